The summed E-state index contributed by atoms with van der Waals surface area (Å²) in [6.07, 6.45) is 2.04. The predicted octanol–water partition coefficient (Wildman–Crippen LogP) is 1.37. The first-order valence-corrected chi connectivity index (χ1v) is 7.05. The smallest absolute Gasteiger partial charge is 0.252 e. The molecule has 0 fully saturated rings. The van der Waals surface area contributed by atoms with E-state index in [1.54, 1.807) is 4.52 Å². The minimum absolute atomic E-state index is 0.0232. The Morgan fingerprint density at radius 1 is 1.25 bits per heavy atom. The molecule has 108 valence electrons. The Hall–Kier alpha value is -1.98. The van der Waals surface area contributed by atoms with E-state index in [1.165, 1.54) is 0 Å². The highest BCUT2D eigenvalue weighted by molar-refractivity contribution is 5.79. The molecular formula is C14H21N5O. The number of hydrogen-bond acceptors (Lipinski definition) is 4. The number of carbonyl (C=O) groups excluding carboxylic acids is 1. The Morgan fingerprint density at radius 2 is 2.00 bits per heavy atom. The fourth-order valence-electron chi connectivity index (χ4n) is 2.14. The molecule has 0 aliphatic heterocycles. The molecule has 20 heavy (non-hydrogen) atoms. The number of rotatable bonds is 5. The summed E-state index contributed by atoms with van der Waals surface area (Å²) in [7, 11) is 0. The first kappa shape index (κ1) is 14.4. The summed E-state index contributed by atoms with van der Waals surface area (Å²) < 4.78 is 1.73. The van der Waals surface area contributed by atoms with E-state index in [1.807, 2.05) is 27.7 Å². The third kappa shape index (κ3) is 2.79. The van der Waals surface area contributed by atoms with Gasteiger partial charge in [0.1, 0.15) is 0 Å². The van der Waals surface area contributed by atoms with Gasteiger partial charge in [-0.2, -0.15) is 4.98 Å². The number of aromatic nitrogens is 4. The normalized spacial score (nSPS) is 11.0. The number of amides is 1. The Balaban J connectivity index is 2.35. The summed E-state index contributed by atoms with van der Waals surface area (Å²) >= 11 is 0. The molecule has 6 nitrogen and oxygen atoms in total. The van der Waals surface area contributed by atoms with Crippen molar-refractivity contribution >= 4 is 11.7 Å². The highest BCUT2D eigenvalue weighted by Crippen LogP contribution is 2.14. The van der Waals surface area contributed by atoms with E-state index in [-0.39, 0.29) is 5.91 Å². The molecule has 0 saturated heterocycles. The van der Waals surface area contributed by atoms with Crippen LogP contribution in [0.15, 0.2) is 0 Å². The van der Waals surface area contributed by atoms with Crippen LogP contribution in [0.25, 0.3) is 5.78 Å². The maximum absolute atomic E-state index is 11.9. The van der Waals surface area contributed by atoms with Gasteiger partial charge in [0, 0.05) is 29.9 Å². The number of carbonyl (C=O) groups is 1. The van der Waals surface area contributed by atoms with Crippen molar-refractivity contribution in [3.05, 3.63) is 22.8 Å². The zero-order valence-corrected chi connectivity index (χ0v) is 12.5. The van der Waals surface area contributed by atoms with Crippen molar-refractivity contribution in [3.63, 3.8) is 0 Å². The van der Waals surface area contributed by atoms with Gasteiger partial charge >= 0.3 is 0 Å². The summed E-state index contributed by atoms with van der Waals surface area (Å²) in [6, 6.07) is 0. The maximum atomic E-state index is 11.9. The first-order chi connectivity index (χ1) is 9.56. The minimum Gasteiger partial charge on any atom is -0.356 e. The van der Waals surface area contributed by atoms with E-state index < -0.39 is 0 Å². The largest absolute Gasteiger partial charge is 0.356 e. The van der Waals surface area contributed by atoms with Gasteiger partial charge in [-0.15, -0.1) is 5.10 Å². The van der Waals surface area contributed by atoms with Crippen LogP contribution >= 0.6 is 0 Å². The van der Waals surface area contributed by atoms with Crippen molar-refractivity contribution < 1.29 is 4.79 Å². The number of hydrogen-bond donors (Lipinski definition) is 1. The molecule has 1 N–H and O–H groups in total. The van der Waals surface area contributed by atoms with Crippen LogP contribution in [0.1, 0.15) is 43.0 Å². The lowest BCUT2D eigenvalue weighted by atomic mass is 10.1. The molecule has 0 atom stereocenters. The average molecular weight is 275 g/mol. The summed E-state index contributed by atoms with van der Waals surface area (Å²) in [5.41, 5.74) is 2.71. The van der Waals surface area contributed by atoms with E-state index in [0.29, 0.717) is 18.7 Å². The van der Waals surface area contributed by atoms with Gasteiger partial charge in [-0.25, -0.2) is 9.50 Å². The lowest BCUT2D eigenvalue weighted by molar-refractivity contribution is -0.120. The molecule has 0 bridgehead atoms. The second kappa shape index (κ2) is 5.98. The maximum Gasteiger partial charge on any atom is 0.252 e. The molecule has 2 aromatic heterocycles. The Bertz CT molecular complexity index is 632. The molecule has 0 unspecified atom stereocenters. The third-order valence-corrected chi connectivity index (χ3v) is 3.32. The van der Waals surface area contributed by atoms with Gasteiger partial charge in [0.05, 0.1) is 6.42 Å². The van der Waals surface area contributed by atoms with E-state index >= 15 is 0 Å². The van der Waals surface area contributed by atoms with Gasteiger partial charge in [0.15, 0.2) is 5.82 Å². The average Bonchev–Trinajstić information content (AvgIpc) is 2.84. The fraction of sp³-hybridized carbons (Fsp3) is 0.571. The molecule has 2 aromatic rings. The van der Waals surface area contributed by atoms with E-state index in [2.05, 4.69) is 20.4 Å². The van der Waals surface area contributed by atoms with Crippen molar-refractivity contribution in [2.24, 2.45) is 0 Å². The molecule has 0 aliphatic carbocycles. The van der Waals surface area contributed by atoms with Gasteiger partial charge < -0.3 is 5.32 Å². The zero-order valence-electron chi connectivity index (χ0n) is 12.5. The molecule has 2 rings (SSSR count). The number of nitrogens with zero attached hydrogens (tertiary/aromatic N) is 4. The van der Waals surface area contributed by atoms with E-state index in [9.17, 15) is 4.79 Å². The lowest BCUT2D eigenvalue weighted by Crippen LogP contribution is -2.26. The van der Waals surface area contributed by atoms with Gasteiger partial charge in [-0.3, -0.25) is 4.79 Å². The summed E-state index contributed by atoms with van der Waals surface area (Å²) in [5, 5.41) is 7.30. The van der Waals surface area contributed by atoms with Crippen molar-refractivity contribution in [3.8, 4) is 0 Å². The third-order valence-electron chi connectivity index (χ3n) is 3.32. The summed E-state index contributed by atoms with van der Waals surface area (Å²) in [5.74, 6) is 1.40. The van der Waals surface area contributed by atoms with Gasteiger partial charge in [0.25, 0.3) is 5.78 Å². The van der Waals surface area contributed by atoms with Gasteiger partial charge in [-0.1, -0.05) is 13.8 Å². The molecule has 0 spiro atoms. The van der Waals surface area contributed by atoms with Crippen molar-refractivity contribution in [1.29, 1.82) is 0 Å². The quantitative estimate of drug-likeness (QED) is 0.894. The summed E-state index contributed by atoms with van der Waals surface area (Å²) in [4.78, 5) is 20.7. The number of fused-ring (bicyclic) bond motifs is 1. The molecule has 0 aromatic carbocycles. The Kier molecular flexibility index (Phi) is 4.32. The van der Waals surface area contributed by atoms with Crippen LogP contribution in [-0.2, 0) is 17.6 Å². The lowest BCUT2D eigenvalue weighted by Gasteiger charge is -2.10. The van der Waals surface area contributed by atoms with Crippen LogP contribution in [0.4, 0.5) is 0 Å². The molecule has 0 saturated carbocycles. The van der Waals surface area contributed by atoms with Crippen LogP contribution in [0.5, 0.6) is 0 Å². The molecule has 2 heterocycles. The van der Waals surface area contributed by atoms with Crippen molar-refractivity contribution in [2.45, 2.75) is 47.0 Å². The second-order valence-electron chi connectivity index (χ2n) is 4.88. The van der Waals surface area contributed by atoms with Crippen LogP contribution < -0.4 is 5.32 Å². The molecular weight excluding hydrogens is 254 g/mol. The van der Waals surface area contributed by atoms with E-state index in [0.717, 1.165) is 35.6 Å². The molecule has 1 amide bonds. The number of aryl methyl sites for hydroxylation is 3. The van der Waals surface area contributed by atoms with Gasteiger partial charge in [-0.05, 0) is 20.3 Å². The predicted molar refractivity (Wildman–Crippen MR) is 76.6 cm³/mol. The van der Waals surface area contributed by atoms with Crippen LogP contribution in [-0.4, -0.2) is 32.0 Å². The highest BCUT2D eigenvalue weighted by Gasteiger charge is 2.15. The fourth-order valence-corrected chi connectivity index (χ4v) is 2.14. The van der Waals surface area contributed by atoms with Crippen LogP contribution in [0.2, 0.25) is 0 Å². The topological polar surface area (TPSA) is 72.2 Å². The molecule has 0 aliphatic rings. The number of nitrogens with one attached hydrogen (secondary N) is 1. The standard InChI is InChI=1S/C14H21N5O/c1-5-7-15-13(20)8-11-9(3)16-14-17-12(6-2)18-19(14)10(11)4/h5-8H2,1-4H3,(H,15,20). The monoisotopic (exact) mass is 275 g/mol. The SMILES string of the molecule is CCCNC(=O)Cc1c(C)nc2nc(CC)nn2c1C. The first-order valence-electron chi connectivity index (χ1n) is 7.05. The Morgan fingerprint density at radius 3 is 2.65 bits per heavy atom. The van der Waals surface area contributed by atoms with Crippen LogP contribution in [0.3, 0.4) is 0 Å². The summed E-state index contributed by atoms with van der Waals surface area (Å²) in [6.45, 7) is 8.62. The van der Waals surface area contributed by atoms with Gasteiger partial charge in [0.2, 0.25) is 5.91 Å². The Labute approximate surface area is 118 Å². The minimum atomic E-state index is 0.0232. The molecule has 6 heteroatoms. The zero-order chi connectivity index (χ0) is 14.7. The second-order valence-corrected chi connectivity index (χ2v) is 4.88. The highest BCUT2D eigenvalue weighted by atomic mass is 16.1. The van der Waals surface area contributed by atoms with E-state index in [4.69, 9.17) is 0 Å². The molecule has 0 radical (unpaired) electrons. The van der Waals surface area contributed by atoms with Crippen LogP contribution in [0, 0.1) is 13.8 Å². The van der Waals surface area contributed by atoms with Crippen molar-refractivity contribution in [1.82, 2.24) is 24.9 Å². The van der Waals surface area contributed by atoms with Crippen molar-refractivity contribution in [2.75, 3.05) is 6.54 Å².